The zero-order valence-corrected chi connectivity index (χ0v) is 11.0. The molecular formula is C14H13FN2OS. The highest BCUT2D eigenvalue weighted by Crippen LogP contribution is 2.19. The van der Waals surface area contributed by atoms with Gasteiger partial charge >= 0.3 is 0 Å². The fourth-order valence-electron chi connectivity index (χ4n) is 1.65. The first-order chi connectivity index (χ1) is 9.22. The zero-order valence-electron chi connectivity index (χ0n) is 10.2. The number of halogens is 1. The van der Waals surface area contributed by atoms with Crippen molar-refractivity contribution in [2.45, 2.75) is 18.3 Å². The Morgan fingerprint density at radius 3 is 2.74 bits per heavy atom. The van der Waals surface area contributed by atoms with Crippen LogP contribution in [0.2, 0.25) is 0 Å². The molecule has 1 N–H and O–H groups in total. The van der Waals surface area contributed by atoms with Crippen molar-refractivity contribution in [2.75, 3.05) is 5.75 Å². The summed E-state index contributed by atoms with van der Waals surface area (Å²) in [5.41, 5.74) is 1.56. The number of hydrogen-bond acceptors (Lipinski definition) is 3. The number of hydrogen-bond donors (Lipinski definition) is 1. The van der Waals surface area contributed by atoms with Gasteiger partial charge in [0.25, 0.3) is 0 Å². The van der Waals surface area contributed by atoms with Crippen molar-refractivity contribution in [1.29, 1.82) is 0 Å². The van der Waals surface area contributed by atoms with Gasteiger partial charge < -0.3 is 9.67 Å². The largest absolute Gasteiger partial charge is 0.390 e. The standard InChI is InChI=1S/C14H13FN2OS/c1-2-7-19-14-16-13(10-18)9-17(14)8-11-3-5-12(15)6-4-11/h1,3-6,9,18H,7-8,10H2. The topological polar surface area (TPSA) is 38.1 Å². The summed E-state index contributed by atoms with van der Waals surface area (Å²) in [4.78, 5) is 4.29. The molecule has 0 aliphatic carbocycles. The van der Waals surface area contributed by atoms with Gasteiger partial charge in [-0.3, -0.25) is 0 Å². The maximum absolute atomic E-state index is 12.9. The van der Waals surface area contributed by atoms with Crippen molar-refractivity contribution in [3.63, 3.8) is 0 Å². The second-order valence-corrected chi connectivity index (χ2v) is 4.86. The van der Waals surface area contributed by atoms with E-state index < -0.39 is 0 Å². The Kier molecular flexibility index (Phi) is 4.61. The summed E-state index contributed by atoms with van der Waals surface area (Å²) in [5, 5.41) is 9.88. The summed E-state index contributed by atoms with van der Waals surface area (Å²) in [6, 6.07) is 6.30. The predicted molar refractivity (Wildman–Crippen MR) is 73.2 cm³/mol. The van der Waals surface area contributed by atoms with E-state index in [9.17, 15) is 4.39 Å². The molecule has 3 nitrogen and oxygen atoms in total. The molecule has 0 spiro atoms. The first-order valence-electron chi connectivity index (χ1n) is 5.70. The number of aliphatic hydroxyl groups is 1. The zero-order chi connectivity index (χ0) is 13.7. The first kappa shape index (κ1) is 13.7. The Labute approximate surface area is 115 Å². The van der Waals surface area contributed by atoms with Gasteiger partial charge in [-0.1, -0.05) is 29.8 Å². The lowest BCUT2D eigenvalue weighted by molar-refractivity contribution is 0.277. The molecule has 1 aromatic heterocycles. The number of terminal acetylenes is 1. The van der Waals surface area contributed by atoms with Crippen LogP contribution >= 0.6 is 11.8 Å². The molecule has 1 heterocycles. The molecule has 0 fully saturated rings. The Bertz CT molecular complexity index is 586. The second-order valence-electron chi connectivity index (χ2n) is 3.92. The molecule has 5 heteroatoms. The van der Waals surface area contributed by atoms with Crippen LogP contribution in [-0.2, 0) is 13.2 Å². The molecule has 0 atom stereocenters. The highest BCUT2D eigenvalue weighted by molar-refractivity contribution is 7.99. The average molecular weight is 276 g/mol. The molecule has 2 aromatic rings. The minimum absolute atomic E-state index is 0.111. The van der Waals surface area contributed by atoms with E-state index in [1.807, 2.05) is 4.57 Å². The number of rotatable bonds is 5. The molecule has 0 aliphatic heterocycles. The van der Waals surface area contributed by atoms with E-state index in [2.05, 4.69) is 10.9 Å². The van der Waals surface area contributed by atoms with E-state index in [1.54, 1.807) is 18.3 Å². The number of aliphatic hydroxyl groups excluding tert-OH is 1. The molecule has 0 unspecified atom stereocenters. The number of benzene rings is 1. The van der Waals surface area contributed by atoms with Gasteiger partial charge in [-0.2, -0.15) is 0 Å². The first-order valence-corrected chi connectivity index (χ1v) is 6.69. The lowest BCUT2D eigenvalue weighted by atomic mass is 10.2. The number of aromatic nitrogens is 2. The van der Waals surface area contributed by atoms with Crippen molar-refractivity contribution in [3.8, 4) is 12.3 Å². The highest BCUT2D eigenvalue weighted by atomic mass is 32.2. The van der Waals surface area contributed by atoms with Gasteiger partial charge in [0.2, 0.25) is 0 Å². The van der Waals surface area contributed by atoms with Crippen molar-refractivity contribution in [3.05, 3.63) is 47.5 Å². The van der Waals surface area contributed by atoms with Crippen LogP contribution in [0.4, 0.5) is 4.39 Å². The molecule has 0 amide bonds. The summed E-state index contributed by atoms with van der Waals surface area (Å²) in [5.74, 6) is 2.80. The van der Waals surface area contributed by atoms with E-state index >= 15 is 0 Å². The Balaban J connectivity index is 2.20. The van der Waals surface area contributed by atoms with Gasteiger partial charge in [0, 0.05) is 12.7 Å². The van der Waals surface area contributed by atoms with Crippen LogP contribution in [0.1, 0.15) is 11.3 Å². The Morgan fingerprint density at radius 2 is 2.11 bits per heavy atom. The van der Waals surface area contributed by atoms with Crippen LogP contribution in [0.25, 0.3) is 0 Å². The predicted octanol–water partition coefficient (Wildman–Crippen LogP) is 2.29. The molecule has 0 bridgehead atoms. The van der Waals surface area contributed by atoms with E-state index in [0.717, 1.165) is 10.7 Å². The van der Waals surface area contributed by atoms with Gasteiger partial charge in [-0.15, -0.1) is 6.42 Å². The van der Waals surface area contributed by atoms with Crippen LogP contribution in [-0.4, -0.2) is 20.4 Å². The van der Waals surface area contributed by atoms with Crippen LogP contribution < -0.4 is 0 Å². The van der Waals surface area contributed by atoms with Gasteiger partial charge in [-0.25, -0.2) is 9.37 Å². The smallest absolute Gasteiger partial charge is 0.169 e. The fourth-order valence-corrected chi connectivity index (χ4v) is 2.33. The third-order valence-corrected chi connectivity index (χ3v) is 3.40. The normalized spacial score (nSPS) is 10.4. The summed E-state index contributed by atoms with van der Waals surface area (Å²) >= 11 is 1.44. The van der Waals surface area contributed by atoms with Gasteiger partial charge in [0.1, 0.15) is 5.82 Å². The van der Waals surface area contributed by atoms with Crippen molar-refractivity contribution in [1.82, 2.24) is 9.55 Å². The molecule has 2 rings (SSSR count). The maximum Gasteiger partial charge on any atom is 0.169 e. The van der Waals surface area contributed by atoms with E-state index in [1.165, 1.54) is 23.9 Å². The summed E-state index contributed by atoms with van der Waals surface area (Å²) < 4.78 is 14.8. The van der Waals surface area contributed by atoms with E-state index in [-0.39, 0.29) is 12.4 Å². The van der Waals surface area contributed by atoms with Gasteiger partial charge in [0.15, 0.2) is 5.16 Å². The van der Waals surface area contributed by atoms with Gasteiger partial charge in [-0.05, 0) is 17.7 Å². The minimum atomic E-state index is -0.257. The lowest BCUT2D eigenvalue weighted by Crippen LogP contribution is -2.00. The average Bonchev–Trinajstić information content (AvgIpc) is 2.81. The van der Waals surface area contributed by atoms with Crippen molar-refractivity contribution >= 4 is 11.8 Å². The lowest BCUT2D eigenvalue weighted by Gasteiger charge is -2.06. The fraction of sp³-hybridized carbons (Fsp3) is 0.214. The van der Waals surface area contributed by atoms with E-state index in [0.29, 0.717) is 18.0 Å². The Morgan fingerprint density at radius 1 is 1.37 bits per heavy atom. The molecule has 0 saturated carbocycles. The summed E-state index contributed by atoms with van der Waals surface area (Å²) in [7, 11) is 0. The highest BCUT2D eigenvalue weighted by Gasteiger charge is 2.08. The van der Waals surface area contributed by atoms with Crippen molar-refractivity contribution < 1.29 is 9.50 Å². The van der Waals surface area contributed by atoms with Crippen LogP contribution in [0.5, 0.6) is 0 Å². The van der Waals surface area contributed by atoms with Crippen LogP contribution in [0, 0.1) is 18.2 Å². The maximum atomic E-state index is 12.9. The third-order valence-electron chi connectivity index (χ3n) is 2.50. The molecule has 0 saturated heterocycles. The number of nitrogens with zero attached hydrogens (tertiary/aromatic N) is 2. The van der Waals surface area contributed by atoms with Crippen molar-refractivity contribution in [2.24, 2.45) is 0 Å². The van der Waals surface area contributed by atoms with E-state index in [4.69, 9.17) is 11.5 Å². The SMILES string of the molecule is C#CCSc1nc(CO)cn1Cc1ccc(F)cc1. The molecule has 0 radical (unpaired) electrons. The van der Waals surface area contributed by atoms with Crippen LogP contribution in [0.3, 0.4) is 0 Å². The minimum Gasteiger partial charge on any atom is -0.390 e. The number of thioether (sulfide) groups is 1. The monoisotopic (exact) mass is 276 g/mol. The van der Waals surface area contributed by atoms with Crippen LogP contribution in [0.15, 0.2) is 35.6 Å². The Hall–Kier alpha value is -1.77. The molecular weight excluding hydrogens is 263 g/mol. The van der Waals surface area contributed by atoms with Gasteiger partial charge in [0.05, 0.1) is 18.1 Å². The summed E-state index contributed by atoms with van der Waals surface area (Å²) in [6.07, 6.45) is 7.02. The molecule has 1 aromatic carbocycles. The quantitative estimate of drug-likeness (QED) is 0.672. The second kappa shape index (κ2) is 6.41. The molecule has 0 aliphatic rings. The number of imidazole rings is 1. The third kappa shape index (κ3) is 3.60. The molecule has 19 heavy (non-hydrogen) atoms. The summed E-state index contributed by atoms with van der Waals surface area (Å²) in [6.45, 7) is 0.459. The molecule has 98 valence electrons.